The molecule has 0 spiro atoms. The summed E-state index contributed by atoms with van der Waals surface area (Å²) in [7, 11) is 0. The Kier molecular flexibility index (Phi) is 10.0. The first-order valence-electron chi connectivity index (χ1n) is 12.1. The van der Waals surface area contributed by atoms with E-state index in [1.54, 1.807) is 4.90 Å². The van der Waals surface area contributed by atoms with Crippen molar-refractivity contribution in [3.8, 4) is 17.2 Å². The number of rotatable bonds is 11. The molecule has 7 nitrogen and oxygen atoms in total. The number of ether oxygens (including phenoxy) is 3. The monoisotopic (exact) mass is 519 g/mol. The van der Waals surface area contributed by atoms with Crippen molar-refractivity contribution >= 4 is 45.0 Å². The van der Waals surface area contributed by atoms with Crippen LogP contribution >= 0.6 is 23.7 Å². The number of carbonyl (C=O) groups excluding carboxylic acids is 1. The van der Waals surface area contributed by atoms with Gasteiger partial charge in [0.1, 0.15) is 19.0 Å². The van der Waals surface area contributed by atoms with Gasteiger partial charge in [-0.3, -0.25) is 9.69 Å². The molecule has 0 saturated heterocycles. The minimum Gasteiger partial charge on any atom is -0.494 e. The lowest BCUT2D eigenvalue weighted by Crippen LogP contribution is -2.38. The molecule has 0 fully saturated rings. The number of aromatic nitrogens is 1. The van der Waals surface area contributed by atoms with E-state index in [4.69, 9.17) is 19.2 Å². The zero-order chi connectivity index (χ0) is 23.9. The lowest BCUT2D eigenvalue weighted by molar-refractivity contribution is 0.0983. The summed E-state index contributed by atoms with van der Waals surface area (Å²) < 4.78 is 18.2. The zero-order valence-electron chi connectivity index (χ0n) is 20.6. The zero-order valence-corrected chi connectivity index (χ0v) is 22.3. The van der Waals surface area contributed by atoms with E-state index in [2.05, 4.69) is 25.7 Å². The number of nitrogens with zero attached hydrogens (tertiary/aromatic N) is 3. The van der Waals surface area contributed by atoms with Crippen LogP contribution in [0.25, 0.3) is 10.2 Å². The summed E-state index contributed by atoms with van der Waals surface area (Å²) in [5.74, 6) is 2.15. The van der Waals surface area contributed by atoms with Crippen molar-refractivity contribution in [2.24, 2.45) is 0 Å². The van der Waals surface area contributed by atoms with Crippen LogP contribution in [0.15, 0.2) is 36.4 Å². The van der Waals surface area contributed by atoms with Crippen LogP contribution in [-0.2, 0) is 0 Å². The van der Waals surface area contributed by atoms with Gasteiger partial charge in [0.2, 0.25) is 0 Å². The molecule has 0 atom stereocenters. The van der Waals surface area contributed by atoms with Gasteiger partial charge in [-0.1, -0.05) is 38.5 Å². The van der Waals surface area contributed by atoms with E-state index in [1.165, 1.54) is 11.3 Å². The van der Waals surface area contributed by atoms with Crippen molar-refractivity contribution in [2.75, 3.05) is 50.9 Å². The minimum atomic E-state index is -0.0661. The fraction of sp³-hybridized carbons (Fsp3) is 0.462. The van der Waals surface area contributed by atoms with Crippen molar-refractivity contribution in [3.63, 3.8) is 0 Å². The van der Waals surface area contributed by atoms with Gasteiger partial charge in [0.15, 0.2) is 16.6 Å². The normalized spacial score (nSPS) is 12.5. The summed E-state index contributed by atoms with van der Waals surface area (Å²) in [6.07, 6.45) is 2.10. The molecule has 1 aliphatic rings. The molecule has 4 rings (SSSR count). The van der Waals surface area contributed by atoms with E-state index < -0.39 is 0 Å². The Balaban J connectivity index is 0.00000342. The van der Waals surface area contributed by atoms with Gasteiger partial charge in [0.25, 0.3) is 5.91 Å². The molecule has 3 aromatic rings. The Morgan fingerprint density at radius 2 is 1.71 bits per heavy atom. The Morgan fingerprint density at radius 1 is 1.03 bits per heavy atom. The summed E-state index contributed by atoms with van der Waals surface area (Å²) in [6, 6.07) is 11.3. The topological polar surface area (TPSA) is 64.1 Å². The van der Waals surface area contributed by atoms with Crippen molar-refractivity contribution in [1.82, 2.24) is 9.88 Å². The number of benzene rings is 2. The van der Waals surface area contributed by atoms with E-state index in [-0.39, 0.29) is 18.3 Å². The number of halogens is 1. The van der Waals surface area contributed by atoms with E-state index >= 15 is 0 Å². The highest BCUT2D eigenvalue weighted by molar-refractivity contribution is 7.22. The number of unbranched alkanes of at least 4 members (excludes halogenated alkanes) is 1. The summed E-state index contributed by atoms with van der Waals surface area (Å²) in [5, 5.41) is 0.678. The Hall–Kier alpha value is -2.55. The second kappa shape index (κ2) is 13.0. The molecule has 190 valence electrons. The van der Waals surface area contributed by atoms with Crippen LogP contribution in [0, 0.1) is 0 Å². The maximum Gasteiger partial charge on any atom is 0.260 e. The van der Waals surface area contributed by atoms with Crippen molar-refractivity contribution < 1.29 is 19.0 Å². The smallest absolute Gasteiger partial charge is 0.260 e. The summed E-state index contributed by atoms with van der Waals surface area (Å²) in [5.41, 5.74) is 1.43. The Morgan fingerprint density at radius 3 is 2.37 bits per heavy atom. The number of likely N-dealkylation sites (N-methyl/N-ethyl adjacent to an activating group) is 1. The number of thiazole rings is 1. The van der Waals surface area contributed by atoms with Gasteiger partial charge >= 0.3 is 0 Å². The van der Waals surface area contributed by atoms with Gasteiger partial charge in [-0.25, -0.2) is 4.98 Å². The molecular formula is C26H34ClN3O4S. The maximum absolute atomic E-state index is 13.6. The Labute approximate surface area is 217 Å². The molecule has 35 heavy (non-hydrogen) atoms. The predicted octanol–water partition coefficient (Wildman–Crippen LogP) is 5.66. The molecular weight excluding hydrogens is 486 g/mol. The number of hydrogen-bond donors (Lipinski definition) is 0. The van der Waals surface area contributed by atoms with Crippen LogP contribution in [0.4, 0.5) is 5.13 Å². The number of carbonyl (C=O) groups is 1. The molecule has 1 aromatic heterocycles. The van der Waals surface area contributed by atoms with Crippen LogP contribution in [0.1, 0.15) is 44.0 Å². The highest BCUT2D eigenvalue weighted by Gasteiger charge is 2.23. The van der Waals surface area contributed by atoms with E-state index in [0.29, 0.717) is 42.8 Å². The molecule has 0 bridgehead atoms. The lowest BCUT2D eigenvalue weighted by Gasteiger charge is -2.24. The number of fused-ring (bicyclic) bond motifs is 2. The minimum absolute atomic E-state index is 0. The summed E-state index contributed by atoms with van der Waals surface area (Å²) >= 11 is 1.50. The molecule has 0 radical (unpaired) electrons. The molecule has 1 amide bonds. The van der Waals surface area contributed by atoms with Gasteiger partial charge in [-0.2, -0.15) is 0 Å². The summed E-state index contributed by atoms with van der Waals surface area (Å²) in [4.78, 5) is 22.5. The van der Waals surface area contributed by atoms with E-state index in [1.807, 2.05) is 36.4 Å². The van der Waals surface area contributed by atoms with E-state index in [9.17, 15) is 4.79 Å². The number of amides is 1. The molecule has 2 heterocycles. The third-order valence-electron chi connectivity index (χ3n) is 5.92. The standard InChI is InChI=1S/C26H33N3O4S.ClH/c1-4-7-14-31-20-10-8-19(9-11-20)25(30)29(13-12-28(5-2)6-3)26-27-21-17-22-23(18-24(21)34-26)33-16-15-32-22;/h8-11,17-18H,4-7,12-16H2,1-3H3;1H. The second-order valence-corrected chi connectivity index (χ2v) is 9.18. The van der Waals surface area contributed by atoms with Crippen LogP contribution in [-0.4, -0.2) is 61.8 Å². The number of hydrogen-bond acceptors (Lipinski definition) is 7. The lowest BCUT2D eigenvalue weighted by atomic mass is 10.2. The van der Waals surface area contributed by atoms with Crippen LogP contribution in [0.3, 0.4) is 0 Å². The fourth-order valence-electron chi connectivity index (χ4n) is 3.82. The van der Waals surface area contributed by atoms with Gasteiger partial charge in [0, 0.05) is 30.8 Å². The average molecular weight is 520 g/mol. The van der Waals surface area contributed by atoms with Crippen molar-refractivity contribution in [1.29, 1.82) is 0 Å². The van der Waals surface area contributed by atoms with Crippen LogP contribution in [0.2, 0.25) is 0 Å². The quantitative estimate of drug-likeness (QED) is 0.305. The predicted molar refractivity (Wildman–Crippen MR) is 144 cm³/mol. The van der Waals surface area contributed by atoms with Gasteiger partial charge in [0.05, 0.1) is 16.8 Å². The van der Waals surface area contributed by atoms with Gasteiger partial charge in [-0.05, 0) is 43.8 Å². The third kappa shape index (κ3) is 6.57. The molecule has 1 aliphatic heterocycles. The van der Waals surface area contributed by atoms with Crippen molar-refractivity contribution in [3.05, 3.63) is 42.0 Å². The SMILES string of the molecule is CCCCOc1ccc(C(=O)N(CCN(CC)CC)c2nc3cc4c(cc3s2)OCCO4)cc1.Cl. The number of anilines is 1. The maximum atomic E-state index is 13.6. The van der Waals surface area contributed by atoms with Gasteiger partial charge < -0.3 is 19.1 Å². The highest BCUT2D eigenvalue weighted by atomic mass is 35.5. The first-order valence-corrected chi connectivity index (χ1v) is 12.9. The summed E-state index contributed by atoms with van der Waals surface area (Å²) in [6.45, 7) is 11.4. The van der Waals surface area contributed by atoms with Crippen LogP contribution < -0.4 is 19.1 Å². The molecule has 0 unspecified atom stereocenters. The highest BCUT2D eigenvalue weighted by Crippen LogP contribution is 2.39. The first-order chi connectivity index (χ1) is 16.6. The fourth-order valence-corrected chi connectivity index (χ4v) is 4.82. The van der Waals surface area contributed by atoms with Crippen LogP contribution in [0.5, 0.6) is 17.2 Å². The van der Waals surface area contributed by atoms with E-state index in [0.717, 1.165) is 54.2 Å². The molecule has 0 aliphatic carbocycles. The van der Waals surface area contributed by atoms with Crippen molar-refractivity contribution in [2.45, 2.75) is 33.6 Å². The van der Waals surface area contributed by atoms with Gasteiger partial charge in [-0.15, -0.1) is 12.4 Å². The molecule has 9 heteroatoms. The average Bonchev–Trinajstić information content (AvgIpc) is 3.28. The third-order valence-corrected chi connectivity index (χ3v) is 6.96. The Bertz CT molecular complexity index is 1060. The first kappa shape index (κ1) is 27.0. The second-order valence-electron chi connectivity index (χ2n) is 8.17. The molecule has 0 saturated carbocycles. The molecule has 0 N–H and O–H groups in total. The largest absolute Gasteiger partial charge is 0.494 e. The molecule has 2 aromatic carbocycles.